The lowest BCUT2D eigenvalue weighted by molar-refractivity contribution is 0.0586. The first kappa shape index (κ1) is 24.5. The maximum Gasteiger partial charge on any atom is 0.344 e. The number of benzene rings is 1. The van der Waals surface area contributed by atoms with E-state index in [4.69, 9.17) is 11.6 Å². The molecule has 10 heteroatoms. The van der Waals surface area contributed by atoms with E-state index in [1.54, 1.807) is 12.3 Å². The van der Waals surface area contributed by atoms with E-state index in [1.165, 1.54) is 47.9 Å². The lowest BCUT2D eigenvalue weighted by Crippen LogP contribution is -2.53. The number of piperidine rings is 1. The molecule has 0 saturated carbocycles. The van der Waals surface area contributed by atoms with Crippen molar-refractivity contribution in [2.24, 2.45) is 0 Å². The maximum absolute atomic E-state index is 13.1. The van der Waals surface area contributed by atoms with Crippen LogP contribution in [0.3, 0.4) is 0 Å². The minimum atomic E-state index is -2.44. The van der Waals surface area contributed by atoms with E-state index < -0.39 is 9.71 Å². The largest absolute Gasteiger partial charge is 0.371 e. The zero-order valence-corrected chi connectivity index (χ0v) is 22.0. The average Bonchev–Trinajstić information content (AvgIpc) is 3.57. The Kier molecular flexibility index (Phi) is 6.76. The molecule has 3 fully saturated rings. The van der Waals surface area contributed by atoms with Gasteiger partial charge in [0.05, 0.1) is 0 Å². The lowest BCUT2D eigenvalue weighted by atomic mass is 9.84. The third kappa shape index (κ3) is 5.32. The van der Waals surface area contributed by atoms with Crippen molar-refractivity contribution in [2.45, 2.75) is 50.6 Å². The number of halogens is 1. The Bertz CT molecular complexity index is 1180. The summed E-state index contributed by atoms with van der Waals surface area (Å²) < 4.78 is 16.0. The zero-order chi connectivity index (χ0) is 24.6. The Morgan fingerprint density at radius 2 is 1.86 bits per heavy atom. The van der Waals surface area contributed by atoms with Crippen LogP contribution < -0.4 is 9.62 Å². The van der Waals surface area contributed by atoms with E-state index in [9.17, 15) is 9.00 Å². The van der Waals surface area contributed by atoms with Crippen LogP contribution in [0, 0.1) is 0 Å². The van der Waals surface area contributed by atoms with Crippen LogP contribution in [0.1, 0.15) is 44.1 Å². The number of carbonyl (C=O) groups is 1. The molecule has 2 aromatic rings. The fraction of sp³-hybridized carbons (Fsp3) is 0.560. The van der Waals surface area contributed by atoms with Crippen molar-refractivity contribution >= 4 is 44.7 Å². The summed E-state index contributed by atoms with van der Waals surface area (Å²) in [6, 6.07) is 7.85. The lowest BCUT2D eigenvalue weighted by Gasteiger charge is -2.45. The van der Waals surface area contributed by atoms with Gasteiger partial charge in [-0.2, -0.15) is 4.68 Å². The van der Waals surface area contributed by atoms with Crippen LogP contribution in [-0.2, 0) is 16.3 Å². The van der Waals surface area contributed by atoms with Crippen LogP contribution in [0.25, 0.3) is 0 Å². The van der Waals surface area contributed by atoms with Crippen LogP contribution in [0.4, 0.5) is 16.3 Å². The number of hydrogen-bond donors (Lipinski definition) is 1. The minimum Gasteiger partial charge on any atom is -0.371 e. The summed E-state index contributed by atoms with van der Waals surface area (Å²) >= 11 is 6.38. The molecule has 3 aliphatic heterocycles. The minimum absolute atomic E-state index is 0.136. The quantitative estimate of drug-likeness (QED) is 0.607. The summed E-state index contributed by atoms with van der Waals surface area (Å²) in [7, 11) is -2.44. The van der Waals surface area contributed by atoms with Gasteiger partial charge in [0.1, 0.15) is 0 Å². The summed E-state index contributed by atoms with van der Waals surface area (Å²) in [5.41, 5.74) is 2.77. The van der Waals surface area contributed by atoms with Crippen molar-refractivity contribution in [1.82, 2.24) is 19.6 Å². The summed E-state index contributed by atoms with van der Waals surface area (Å²) in [5.74, 6) is 3.97. The number of amides is 1. The van der Waals surface area contributed by atoms with Crippen molar-refractivity contribution in [3.05, 3.63) is 41.0 Å². The number of aromatic nitrogens is 2. The van der Waals surface area contributed by atoms with E-state index in [0.29, 0.717) is 18.9 Å². The van der Waals surface area contributed by atoms with Crippen molar-refractivity contribution in [3.63, 3.8) is 0 Å². The van der Waals surface area contributed by atoms with Crippen molar-refractivity contribution in [2.75, 3.05) is 48.6 Å². The van der Waals surface area contributed by atoms with E-state index in [1.807, 2.05) is 11.0 Å². The number of likely N-dealkylation sites (tertiary alicyclic amines) is 2. The van der Waals surface area contributed by atoms with Crippen molar-refractivity contribution in [1.29, 1.82) is 0 Å². The molecule has 3 aliphatic rings. The van der Waals surface area contributed by atoms with Crippen LogP contribution >= 0.6 is 11.6 Å². The van der Waals surface area contributed by atoms with Crippen LogP contribution in [0.5, 0.6) is 0 Å². The van der Waals surface area contributed by atoms with Crippen LogP contribution in [0.2, 0.25) is 5.02 Å². The van der Waals surface area contributed by atoms with Gasteiger partial charge in [-0.15, -0.1) is 5.10 Å². The van der Waals surface area contributed by atoms with Gasteiger partial charge in [0, 0.05) is 77.2 Å². The molecule has 1 aromatic heterocycles. The fourth-order valence-corrected chi connectivity index (χ4v) is 6.62. The molecular formula is C25H35ClN6O2S. The molecule has 0 aliphatic carbocycles. The van der Waals surface area contributed by atoms with E-state index in [-0.39, 0.29) is 11.6 Å². The van der Waals surface area contributed by atoms with Gasteiger partial charge in [-0.1, -0.05) is 17.7 Å². The highest BCUT2D eigenvalue weighted by Crippen LogP contribution is 2.41. The smallest absolute Gasteiger partial charge is 0.344 e. The molecule has 1 amide bonds. The van der Waals surface area contributed by atoms with Gasteiger partial charge in [0.2, 0.25) is 0 Å². The number of carbonyl (C=O) groups excluding carboxylic acids is 1. The number of nitrogens with zero attached hydrogens (tertiary/aromatic N) is 5. The molecular weight excluding hydrogens is 484 g/mol. The maximum atomic E-state index is 13.1. The van der Waals surface area contributed by atoms with Gasteiger partial charge in [-0.05, 0) is 68.6 Å². The van der Waals surface area contributed by atoms with Crippen LogP contribution in [0.15, 0.2) is 30.5 Å². The first-order valence-corrected chi connectivity index (χ1v) is 15.0. The van der Waals surface area contributed by atoms with E-state index in [2.05, 4.69) is 37.6 Å². The number of hydrogen-bond acceptors (Lipinski definition) is 5. The summed E-state index contributed by atoms with van der Waals surface area (Å²) in [5, 5.41) is 5.05. The molecule has 1 aromatic carbocycles. The Morgan fingerprint density at radius 3 is 2.57 bits per heavy atom. The Balaban J connectivity index is 1.25. The first-order valence-electron chi connectivity index (χ1n) is 12.5. The molecule has 1 spiro atoms. The van der Waals surface area contributed by atoms with Gasteiger partial charge < -0.3 is 9.80 Å². The summed E-state index contributed by atoms with van der Waals surface area (Å²) in [4.78, 5) is 20.1. The second kappa shape index (κ2) is 9.67. The van der Waals surface area contributed by atoms with Gasteiger partial charge >= 0.3 is 6.03 Å². The SMILES string of the molecule is C=S(C)(=O)Nc1ccn(C(=O)N2CCC3(CCCN3Cc3ccc(Cl)cc3N3CCCC3)CC2)n1. The Labute approximate surface area is 213 Å². The second-order valence-electron chi connectivity index (χ2n) is 10.2. The van der Waals surface area contributed by atoms with Crippen LogP contribution in [-0.4, -0.2) is 80.2 Å². The third-order valence-corrected chi connectivity index (χ3v) is 8.54. The molecule has 1 atom stereocenters. The monoisotopic (exact) mass is 518 g/mol. The highest BCUT2D eigenvalue weighted by atomic mass is 35.5. The highest BCUT2D eigenvalue weighted by molar-refractivity contribution is 8.00. The van der Waals surface area contributed by atoms with Crippen molar-refractivity contribution < 1.29 is 9.00 Å². The zero-order valence-electron chi connectivity index (χ0n) is 20.4. The molecule has 3 saturated heterocycles. The van der Waals surface area contributed by atoms with E-state index >= 15 is 0 Å². The molecule has 190 valence electrons. The fourth-order valence-electron chi connectivity index (χ4n) is 5.90. The van der Waals surface area contributed by atoms with Gasteiger partial charge in [0.25, 0.3) is 0 Å². The average molecular weight is 519 g/mol. The molecule has 1 unspecified atom stereocenters. The molecule has 0 radical (unpaired) electrons. The highest BCUT2D eigenvalue weighted by Gasteiger charge is 2.44. The number of anilines is 2. The number of rotatable bonds is 5. The molecule has 35 heavy (non-hydrogen) atoms. The first-order chi connectivity index (χ1) is 16.7. The third-order valence-electron chi connectivity index (χ3n) is 7.67. The Morgan fingerprint density at radius 1 is 1.11 bits per heavy atom. The summed E-state index contributed by atoms with van der Waals surface area (Å²) in [6.45, 7) is 5.63. The van der Waals surface area contributed by atoms with Crippen molar-refractivity contribution in [3.8, 4) is 0 Å². The number of nitrogens with one attached hydrogen (secondary N) is 1. The predicted molar refractivity (Wildman–Crippen MR) is 144 cm³/mol. The molecule has 4 heterocycles. The van der Waals surface area contributed by atoms with Gasteiger partial charge in [0.15, 0.2) is 5.82 Å². The van der Waals surface area contributed by atoms with Gasteiger partial charge in [-0.3, -0.25) is 9.62 Å². The molecule has 5 rings (SSSR count). The predicted octanol–water partition coefficient (Wildman–Crippen LogP) is 3.91. The van der Waals surface area contributed by atoms with Gasteiger partial charge in [-0.25, -0.2) is 9.00 Å². The molecule has 0 bridgehead atoms. The topological polar surface area (TPSA) is 73.7 Å². The normalized spacial score (nSPS) is 22.0. The Hall–Kier alpha value is -2.23. The van der Waals surface area contributed by atoms with E-state index in [0.717, 1.165) is 44.0 Å². The molecule has 1 N–H and O–H groups in total. The molecule has 8 nitrogen and oxygen atoms in total. The second-order valence-corrected chi connectivity index (χ2v) is 12.9. The summed E-state index contributed by atoms with van der Waals surface area (Å²) in [6.07, 6.45) is 9.88. The standard InChI is InChI=1S/C25H35ClN6O2S/c1-35(2,34)28-23-8-15-32(27-23)24(33)30-16-10-25(11-17-30)9-5-14-31(25)19-20-6-7-21(26)18-22(20)29-12-3-4-13-29/h6-8,15,18H,1,3-5,9-14,16-17,19H2,2H3,(H,27,28,34).